The Balaban J connectivity index is 0.00000158. The number of carbonyl (C=O) groups is 1. The second-order valence-corrected chi connectivity index (χ2v) is 7.96. The van der Waals surface area contributed by atoms with Crippen LogP contribution in [-0.2, 0) is 9.47 Å². The number of carbonyl (C=O) groups excluding carboxylic acids is 1. The molecule has 182 valence electrons. The molecule has 2 aliphatic rings. The average Bonchev–Trinajstić information content (AvgIpc) is 3.42. The van der Waals surface area contributed by atoms with Crippen LogP contribution in [-0.4, -0.2) is 73.8 Å². The molecule has 0 radical (unpaired) electrons. The van der Waals surface area contributed by atoms with E-state index < -0.39 is 0 Å². The highest BCUT2D eigenvalue weighted by Gasteiger charge is 2.15. The van der Waals surface area contributed by atoms with E-state index in [0.29, 0.717) is 18.0 Å². The molecular weight excluding hydrogens is 428 g/mol. The Morgan fingerprint density at radius 2 is 2.03 bits per heavy atom. The number of hydrogen-bond acceptors (Lipinski definition) is 5. The lowest BCUT2D eigenvalue weighted by Crippen LogP contribution is -2.37. The number of nitrogens with zero attached hydrogens (tertiary/aromatic N) is 1. The van der Waals surface area contributed by atoms with Gasteiger partial charge in [0.2, 0.25) is 5.78 Å². The third-order valence-corrected chi connectivity index (χ3v) is 5.70. The Labute approximate surface area is 201 Å². The van der Waals surface area contributed by atoms with Crippen LogP contribution in [0.25, 0.3) is 24.3 Å². The number of H-pyrrole nitrogens is 2. The van der Waals surface area contributed by atoms with E-state index in [4.69, 9.17) is 9.47 Å². The molecule has 0 aromatic carbocycles. The Hall–Kier alpha value is -2.97. The Morgan fingerprint density at radius 1 is 1.24 bits per heavy atom. The molecule has 2 aromatic heterocycles. The van der Waals surface area contributed by atoms with Crippen LogP contribution in [0.1, 0.15) is 40.3 Å². The van der Waals surface area contributed by atoms with Crippen molar-refractivity contribution in [3.63, 3.8) is 0 Å². The largest absolute Gasteiger partial charge is 0.379 e. The molecule has 3 heterocycles. The van der Waals surface area contributed by atoms with Gasteiger partial charge in [0.1, 0.15) is 0 Å². The third kappa shape index (κ3) is 7.01. The molecule has 0 saturated carbocycles. The number of ether oxygens (including phenoxy) is 2. The number of aromatic amines is 2. The number of rotatable bonds is 10. The summed E-state index contributed by atoms with van der Waals surface area (Å²) in [5.41, 5.74) is 7.37. The van der Waals surface area contributed by atoms with Gasteiger partial charge in [-0.05, 0) is 48.9 Å². The van der Waals surface area contributed by atoms with E-state index in [1.807, 2.05) is 36.4 Å². The number of hydrogen-bond donors (Lipinski definition) is 3. The first-order valence-electron chi connectivity index (χ1n) is 11.8. The van der Waals surface area contributed by atoms with Crippen LogP contribution in [0.2, 0.25) is 0 Å². The molecule has 0 atom stereocenters. The minimum Gasteiger partial charge on any atom is -0.379 e. The summed E-state index contributed by atoms with van der Waals surface area (Å²) in [6, 6.07) is 3.75. The summed E-state index contributed by atoms with van der Waals surface area (Å²) in [4.78, 5) is 21.9. The van der Waals surface area contributed by atoms with E-state index >= 15 is 0 Å². The number of fused-ring (bicyclic) bond motifs is 1. The topological polar surface area (TPSA) is 96.4 Å². The molecule has 1 aliphatic carbocycles. The maximum absolute atomic E-state index is 13.0. The normalized spacial score (nSPS) is 15.6. The Kier molecular flexibility index (Phi) is 10.3. The van der Waals surface area contributed by atoms with Crippen molar-refractivity contribution in [1.82, 2.24) is 14.9 Å². The van der Waals surface area contributed by atoms with Crippen molar-refractivity contribution in [1.29, 1.82) is 0 Å². The van der Waals surface area contributed by atoms with Crippen molar-refractivity contribution < 1.29 is 14.3 Å². The fraction of sp³-hybridized carbons (Fsp3) is 0.370. The van der Waals surface area contributed by atoms with Gasteiger partial charge in [-0.1, -0.05) is 43.0 Å². The van der Waals surface area contributed by atoms with E-state index in [1.165, 1.54) is 7.05 Å². The molecule has 1 fully saturated rings. The minimum absolute atomic E-state index is 0.0639. The van der Waals surface area contributed by atoms with Crippen LogP contribution in [0, 0.1) is 0 Å². The molecule has 1 saturated heterocycles. The molecule has 0 amide bonds. The van der Waals surface area contributed by atoms with Crippen LogP contribution in [0.4, 0.5) is 0 Å². The first-order chi connectivity index (χ1) is 16.7. The van der Waals surface area contributed by atoms with Crippen LogP contribution in [0.15, 0.2) is 36.9 Å². The van der Waals surface area contributed by atoms with Gasteiger partial charge in [-0.2, -0.15) is 0 Å². The fourth-order valence-corrected chi connectivity index (χ4v) is 3.94. The molecule has 34 heavy (non-hydrogen) atoms. The Morgan fingerprint density at radius 3 is 2.82 bits per heavy atom. The van der Waals surface area contributed by atoms with Crippen molar-refractivity contribution in [2.45, 2.75) is 12.8 Å². The lowest BCUT2D eigenvalue weighted by Gasteiger charge is -2.26. The van der Waals surface area contributed by atoms with E-state index in [2.05, 4.69) is 39.3 Å². The maximum Gasteiger partial charge on any atom is 0.225 e. The molecule has 2 aromatic rings. The van der Waals surface area contributed by atoms with Crippen LogP contribution >= 0.6 is 0 Å². The zero-order valence-corrected chi connectivity index (χ0v) is 20.0. The predicted octanol–water partition coefficient (Wildman–Crippen LogP) is 2.06. The van der Waals surface area contributed by atoms with Gasteiger partial charge in [-0.3, -0.25) is 9.69 Å². The van der Waals surface area contributed by atoms with Gasteiger partial charge in [-0.15, -0.1) is 0 Å². The fourth-order valence-electron chi connectivity index (χ4n) is 3.94. The van der Waals surface area contributed by atoms with Crippen LogP contribution in [0.3, 0.4) is 0 Å². The summed E-state index contributed by atoms with van der Waals surface area (Å²) in [6.45, 7) is 9.86. The predicted molar refractivity (Wildman–Crippen MR) is 139 cm³/mol. The number of nitrogens with two attached hydrogens (primary N) is 1. The molecule has 4 N–H and O–H groups in total. The Bertz CT molecular complexity index is 1120. The van der Waals surface area contributed by atoms with E-state index in [-0.39, 0.29) is 5.78 Å². The smallest absolute Gasteiger partial charge is 0.225 e. The quantitative estimate of drug-likeness (QED) is 0.370. The standard InChI is InChI=1S/C26H31N3O3.CH5N/c1-2-20-18-24(26(30)25-19-21-8-4-3-5-9-23(21)28-25)27-22(20)10-6-14-31-15-7-11-29-12-16-32-17-13-29;1-2/h2-4,6,8-10,18-19,27-28H,1,5,7,11-17H2;2H2,1H3/b10-6-;. The first kappa shape index (κ1) is 25.6. The summed E-state index contributed by atoms with van der Waals surface area (Å²) in [5, 5.41) is 2.02. The van der Waals surface area contributed by atoms with Gasteiger partial charge < -0.3 is 25.2 Å². The van der Waals surface area contributed by atoms with E-state index in [0.717, 1.165) is 74.1 Å². The number of ketones is 1. The first-order valence-corrected chi connectivity index (χ1v) is 11.8. The minimum atomic E-state index is -0.0639. The molecule has 0 unspecified atom stereocenters. The van der Waals surface area contributed by atoms with Crippen molar-refractivity contribution in [3.05, 3.63) is 70.2 Å². The highest BCUT2D eigenvalue weighted by atomic mass is 16.5. The van der Waals surface area contributed by atoms with E-state index in [1.54, 1.807) is 6.08 Å². The molecule has 1 aliphatic heterocycles. The van der Waals surface area contributed by atoms with Crippen LogP contribution in [0.5, 0.6) is 0 Å². The van der Waals surface area contributed by atoms with Gasteiger partial charge in [0.25, 0.3) is 0 Å². The summed E-state index contributed by atoms with van der Waals surface area (Å²) < 4.78 is 11.1. The zero-order chi connectivity index (χ0) is 24.2. The molecule has 0 bridgehead atoms. The van der Waals surface area contributed by atoms with Gasteiger partial charge in [-0.25, -0.2) is 0 Å². The molecule has 7 nitrogen and oxygen atoms in total. The molecule has 0 spiro atoms. The second kappa shape index (κ2) is 13.7. The maximum atomic E-state index is 13.0. The van der Waals surface area contributed by atoms with Crippen molar-refractivity contribution in [2.75, 3.05) is 53.1 Å². The van der Waals surface area contributed by atoms with Crippen molar-refractivity contribution >= 4 is 30.1 Å². The van der Waals surface area contributed by atoms with Gasteiger partial charge in [0.15, 0.2) is 0 Å². The lowest BCUT2D eigenvalue weighted by molar-refractivity contribution is 0.0330. The second-order valence-electron chi connectivity index (χ2n) is 7.96. The molecule has 7 heteroatoms. The lowest BCUT2D eigenvalue weighted by atomic mass is 10.2. The highest BCUT2D eigenvalue weighted by Crippen LogP contribution is 2.16. The summed E-state index contributed by atoms with van der Waals surface area (Å²) in [6.07, 6.45) is 15.7. The monoisotopic (exact) mass is 464 g/mol. The number of aromatic nitrogens is 2. The van der Waals surface area contributed by atoms with Crippen molar-refractivity contribution in [2.24, 2.45) is 5.73 Å². The summed E-state index contributed by atoms with van der Waals surface area (Å²) in [7, 11) is 1.50. The number of morpholine rings is 1. The van der Waals surface area contributed by atoms with Gasteiger partial charge in [0, 0.05) is 37.3 Å². The summed E-state index contributed by atoms with van der Waals surface area (Å²) >= 11 is 0. The highest BCUT2D eigenvalue weighted by molar-refractivity contribution is 6.07. The zero-order valence-electron chi connectivity index (χ0n) is 20.0. The van der Waals surface area contributed by atoms with Gasteiger partial charge >= 0.3 is 0 Å². The van der Waals surface area contributed by atoms with Crippen LogP contribution < -0.4 is 16.3 Å². The molecule has 4 rings (SSSR count). The van der Waals surface area contributed by atoms with Gasteiger partial charge in [0.05, 0.1) is 31.2 Å². The molecular formula is C27H36N4O3. The van der Waals surface area contributed by atoms with E-state index in [9.17, 15) is 4.79 Å². The average molecular weight is 465 g/mol. The van der Waals surface area contributed by atoms with Crippen molar-refractivity contribution in [3.8, 4) is 0 Å². The SMILES string of the molecule is C=Cc1cc(C(=O)c2cc3c([nH]2)=CCC=CC=3)[nH]c1/C=C\COCCCN1CCOCC1.CN. The number of nitrogens with one attached hydrogen (secondary N) is 2. The number of allylic oxidation sites excluding steroid dienone is 2. The summed E-state index contributed by atoms with van der Waals surface area (Å²) in [5.74, 6) is -0.0639. The third-order valence-electron chi connectivity index (χ3n) is 5.70.